The van der Waals surface area contributed by atoms with Crippen LogP contribution >= 0.6 is 11.8 Å². The number of thioether (sulfide) groups is 1. The molecule has 0 fully saturated rings. The van der Waals surface area contributed by atoms with Crippen molar-refractivity contribution in [1.82, 2.24) is 19.1 Å². The Kier molecular flexibility index (Phi) is 4.82. The third-order valence-electron chi connectivity index (χ3n) is 3.23. The molecule has 0 aliphatic carbocycles. The fraction of sp³-hybridized carbons (Fsp3) is 0.571. The van der Waals surface area contributed by atoms with Gasteiger partial charge in [-0.25, -0.2) is 14.8 Å². The lowest BCUT2D eigenvalue weighted by atomic mass is 10.3. The van der Waals surface area contributed by atoms with Crippen molar-refractivity contribution in [2.24, 2.45) is 14.1 Å². The van der Waals surface area contributed by atoms with Crippen LogP contribution in [-0.4, -0.2) is 24.9 Å². The Morgan fingerprint density at radius 2 is 1.76 bits per heavy atom. The summed E-state index contributed by atoms with van der Waals surface area (Å²) in [6, 6.07) is 0. The molecule has 21 heavy (non-hydrogen) atoms. The number of aryl methyl sites for hydroxylation is 2. The zero-order chi connectivity index (χ0) is 15.6. The second-order valence-corrected chi connectivity index (χ2v) is 6.03. The summed E-state index contributed by atoms with van der Waals surface area (Å²) < 4.78 is 2.54. The second-order valence-electron chi connectivity index (χ2n) is 4.95. The van der Waals surface area contributed by atoms with Gasteiger partial charge in [-0.15, -0.1) is 11.8 Å². The van der Waals surface area contributed by atoms with Gasteiger partial charge in [-0.3, -0.25) is 13.9 Å². The molecule has 0 atom stereocenters. The van der Waals surface area contributed by atoms with Crippen molar-refractivity contribution in [3.63, 3.8) is 0 Å². The standard InChI is InChI=1S/C14H20N4O2S/c1-5-7-9-15-11-10(12(16-9)21-8-6-2)13(19)18(4)14(20)17(11)3/h5-8H2,1-4H3. The molecule has 0 aliphatic rings. The summed E-state index contributed by atoms with van der Waals surface area (Å²) in [5, 5.41) is 1.12. The molecule has 2 heterocycles. The first-order chi connectivity index (χ1) is 10.0. The van der Waals surface area contributed by atoms with E-state index >= 15 is 0 Å². The third-order valence-corrected chi connectivity index (χ3v) is 4.41. The Morgan fingerprint density at radius 1 is 1.05 bits per heavy atom. The zero-order valence-electron chi connectivity index (χ0n) is 12.8. The SMILES string of the molecule is CCCSc1nc(CCC)nc2c1c(=O)n(C)c(=O)n2C. The van der Waals surface area contributed by atoms with E-state index in [1.807, 2.05) is 0 Å². The van der Waals surface area contributed by atoms with Crippen molar-refractivity contribution >= 4 is 22.8 Å². The van der Waals surface area contributed by atoms with E-state index in [0.717, 1.165) is 29.6 Å². The van der Waals surface area contributed by atoms with E-state index in [0.29, 0.717) is 21.9 Å². The summed E-state index contributed by atoms with van der Waals surface area (Å²) in [7, 11) is 3.12. The maximum Gasteiger partial charge on any atom is 0.332 e. The average Bonchev–Trinajstić information content (AvgIpc) is 2.48. The molecule has 114 valence electrons. The lowest BCUT2D eigenvalue weighted by Gasteiger charge is -2.11. The maximum absolute atomic E-state index is 12.4. The Hall–Kier alpha value is -1.63. The molecule has 0 spiro atoms. The van der Waals surface area contributed by atoms with Crippen LogP contribution in [0, 0.1) is 0 Å². The van der Waals surface area contributed by atoms with Crippen molar-refractivity contribution < 1.29 is 0 Å². The molecule has 0 aliphatic heterocycles. The van der Waals surface area contributed by atoms with Gasteiger partial charge in [0.1, 0.15) is 16.2 Å². The van der Waals surface area contributed by atoms with Crippen LogP contribution < -0.4 is 11.2 Å². The molecule has 0 saturated heterocycles. The predicted molar refractivity (Wildman–Crippen MR) is 85.0 cm³/mol. The van der Waals surface area contributed by atoms with Crippen LogP contribution in [0.5, 0.6) is 0 Å². The van der Waals surface area contributed by atoms with Crippen LogP contribution in [0.4, 0.5) is 0 Å². The smallest absolute Gasteiger partial charge is 0.280 e. The van der Waals surface area contributed by atoms with E-state index in [1.165, 1.54) is 11.6 Å². The number of aromatic nitrogens is 4. The zero-order valence-corrected chi connectivity index (χ0v) is 13.7. The highest BCUT2D eigenvalue weighted by Crippen LogP contribution is 2.23. The van der Waals surface area contributed by atoms with Crippen LogP contribution in [0.2, 0.25) is 0 Å². The molecule has 2 aromatic heterocycles. The quantitative estimate of drug-likeness (QED) is 0.618. The van der Waals surface area contributed by atoms with E-state index in [1.54, 1.807) is 18.8 Å². The predicted octanol–water partition coefficient (Wildman–Crippen LogP) is 1.48. The number of nitrogens with zero attached hydrogens (tertiary/aromatic N) is 4. The van der Waals surface area contributed by atoms with Gasteiger partial charge < -0.3 is 0 Å². The molecule has 0 radical (unpaired) electrons. The molecule has 0 unspecified atom stereocenters. The van der Waals surface area contributed by atoms with Crippen molar-refractivity contribution in [3.8, 4) is 0 Å². The van der Waals surface area contributed by atoms with Gasteiger partial charge in [0.25, 0.3) is 5.56 Å². The van der Waals surface area contributed by atoms with Gasteiger partial charge in [0, 0.05) is 20.5 Å². The average molecular weight is 308 g/mol. The van der Waals surface area contributed by atoms with Crippen LogP contribution in [0.3, 0.4) is 0 Å². The number of hydrogen-bond acceptors (Lipinski definition) is 5. The first-order valence-corrected chi connectivity index (χ1v) is 8.09. The van der Waals surface area contributed by atoms with Crippen LogP contribution in [0.25, 0.3) is 11.0 Å². The van der Waals surface area contributed by atoms with Crippen molar-refractivity contribution in [2.45, 2.75) is 38.1 Å². The Morgan fingerprint density at radius 3 is 2.38 bits per heavy atom. The molecular formula is C14H20N4O2S. The summed E-state index contributed by atoms with van der Waals surface area (Å²) in [6.07, 6.45) is 2.65. The van der Waals surface area contributed by atoms with Gasteiger partial charge in [0.05, 0.1) is 0 Å². The molecule has 2 rings (SSSR count). The Labute approximate surface area is 127 Å². The normalized spacial score (nSPS) is 11.2. The van der Waals surface area contributed by atoms with E-state index in [-0.39, 0.29) is 11.2 Å². The number of rotatable bonds is 5. The Balaban J connectivity index is 2.84. The van der Waals surface area contributed by atoms with Crippen molar-refractivity contribution in [2.75, 3.05) is 5.75 Å². The first-order valence-electron chi connectivity index (χ1n) is 7.10. The molecule has 2 aromatic rings. The van der Waals surface area contributed by atoms with Crippen molar-refractivity contribution in [3.05, 3.63) is 26.7 Å². The minimum absolute atomic E-state index is 0.324. The fourth-order valence-electron chi connectivity index (χ4n) is 2.11. The van der Waals surface area contributed by atoms with Crippen LogP contribution in [-0.2, 0) is 20.5 Å². The number of fused-ring (bicyclic) bond motifs is 1. The minimum atomic E-state index is -0.361. The highest BCUT2D eigenvalue weighted by molar-refractivity contribution is 7.99. The van der Waals surface area contributed by atoms with Gasteiger partial charge >= 0.3 is 5.69 Å². The van der Waals surface area contributed by atoms with Crippen LogP contribution in [0.1, 0.15) is 32.5 Å². The van der Waals surface area contributed by atoms with Crippen molar-refractivity contribution in [1.29, 1.82) is 0 Å². The lowest BCUT2D eigenvalue weighted by Crippen LogP contribution is -2.37. The molecule has 0 N–H and O–H groups in total. The topological polar surface area (TPSA) is 69.8 Å². The summed E-state index contributed by atoms with van der Waals surface area (Å²) in [5.41, 5.74) is -0.255. The van der Waals surface area contributed by atoms with E-state index in [2.05, 4.69) is 23.8 Å². The van der Waals surface area contributed by atoms with Gasteiger partial charge in [-0.05, 0) is 18.6 Å². The summed E-state index contributed by atoms with van der Waals surface area (Å²) in [5.74, 6) is 1.57. The second kappa shape index (κ2) is 6.43. The summed E-state index contributed by atoms with van der Waals surface area (Å²) in [4.78, 5) is 33.4. The summed E-state index contributed by atoms with van der Waals surface area (Å²) in [6.45, 7) is 4.13. The van der Waals surface area contributed by atoms with Crippen LogP contribution in [0.15, 0.2) is 14.6 Å². The molecule has 0 amide bonds. The lowest BCUT2D eigenvalue weighted by molar-refractivity contribution is 0.696. The van der Waals surface area contributed by atoms with Gasteiger partial charge in [-0.1, -0.05) is 13.8 Å². The van der Waals surface area contributed by atoms with Gasteiger partial charge in [0.15, 0.2) is 5.65 Å². The Bertz CT molecular complexity index is 779. The largest absolute Gasteiger partial charge is 0.332 e. The van der Waals surface area contributed by atoms with Gasteiger partial charge in [0.2, 0.25) is 0 Å². The van der Waals surface area contributed by atoms with E-state index in [9.17, 15) is 9.59 Å². The third kappa shape index (κ3) is 2.88. The van der Waals surface area contributed by atoms with E-state index < -0.39 is 0 Å². The molecular weight excluding hydrogens is 288 g/mol. The first kappa shape index (κ1) is 15.8. The molecule has 0 bridgehead atoms. The highest BCUT2D eigenvalue weighted by atomic mass is 32.2. The summed E-state index contributed by atoms with van der Waals surface area (Å²) >= 11 is 1.55. The highest BCUT2D eigenvalue weighted by Gasteiger charge is 2.16. The monoisotopic (exact) mass is 308 g/mol. The molecule has 0 saturated carbocycles. The maximum atomic E-state index is 12.4. The fourth-order valence-corrected chi connectivity index (χ4v) is 3.00. The minimum Gasteiger partial charge on any atom is -0.280 e. The number of hydrogen-bond donors (Lipinski definition) is 0. The van der Waals surface area contributed by atoms with E-state index in [4.69, 9.17) is 0 Å². The molecule has 0 aromatic carbocycles. The van der Waals surface area contributed by atoms with Gasteiger partial charge in [-0.2, -0.15) is 0 Å². The molecule has 6 nitrogen and oxygen atoms in total. The molecule has 7 heteroatoms.